The molecule has 2 saturated heterocycles. The van der Waals surface area contributed by atoms with Gasteiger partial charge >= 0.3 is 6.09 Å². The van der Waals surface area contributed by atoms with E-state index < -0.39 is 47.0 Å². The number of nitriles is 1. The van der Waals surface area contributed by atoms with Crippen LogP contribution in [0.5, 0.6) is 0 Å². The number of carbonyl (C=O) groups excluding carboxylic acids is 4. The molecule has 0 bridgehead atoms. The van der Waals surface area contributed by atoms with Gasteiger partial charge in [0, 0.05) is 13.6 Å². The lowest BCUT2D eigenvalue weighted by Gasteiger charge is -2.31. The summed E-state index contributed by atoms with van der Waals surface area (Å²) in [6.07, 6.45) is 1.48. The smallest absolute Gasteiger partial charge is 0.410 e. The second-order valence-electron chi connectivity index (χ2n) is 11.4. The summed E-state index contributed by atoms with van der Waals surface area (Å²) in [5.41, 5.74) is -1.55. The van der Waals surface area contributed by atoms with E-state index in [2.05, 4.69) is 22.0 Å². The largest absolute Gasteiger partial charge is 0.444 e. The average Bonchev–Trinajstić information content (AvgIpc) is 3.01. The molecule has 4 amide bonds. The molecule has 0 aromatic rings. The molecule has 0 aromatic carbocycles. The first kappa shape index (κ1) is 28.4. The first-order chi connectivity index (χ1) is 16.2. The first-order valence-corrected chi connectivity index (χ1v) is 12.4. The van der Waals surface area contributed by atoms with E-state index in [1.54, 1.807) is 20.8 Å². The Morgan fingerprint density at radius 2 is 1.86 bits per heavy atom. The minimum Gasteiger partial charge on any atom is -0.444 e. The summed E-state index contributed by atoms with van der Waals surface area (Å²) in [7, 11) is 1.52. The fraction of sp³-hybridized carbons (Fsp3) is 0.800. The molecule has 2 fully saturated rings. The number of nitrogens with one attached hydrogen (secondary N) is 3. The maximum atomic E-state index is 13.4. The number of amides is 4. The maximum absolute atomic E-state index is 13.4. The van der Waals surface area contributed by atoms with Gasteiger partial charge in [0.05, 0.1) is 11.5 Å². The molecule has 10 heteroatoms. The van der Waals surface area contributed by atoms with E-state index >= 15 is 0 Å². The Kier molecular flexibility index (Phi) is 9.15. The second kappa shape index (κ2) is 11.3. The molecule has 0 aliphatic carbocycles. The Morgan fingerprint density at radius 1 is 1.20 bits per heavy atom. The summed E-state index contributed by atoms with van der Waals surface area (Å²) in [4.78, 5) is 53.3. The lowest BCUT2D eigenvalue weighted by atomic mass is 9.72. The van der Waals surface area contributed by atoms with Gasteiger partial charge in [-0.05, 0) is 58.3 Å². The number of hydrogen-bond donors (Lipinski definition) is 3. The zero-order valence-electron chi connectivity index (χ0n) is 22.1. The van der Waals surface area contributed by atoms with Crippen molar-refractivity contribution >= 4 is 23.8 Å². The van der Waals surface area contributed by atoms with Crippen LogP contribution in [0.3, 0.4) is 0 Å². The van der Waals surface area contributed by atoms with Crippen molar-refractivity contribution in [3.8, 4) is 6.07 Å². The van der Waals surface area contributed by atoms with Crippen LogP contribution in [0, 0.1) is 28.6 Å². The molecule has 0 radical (unpaired) electrons. The van der Waals surface area contributed by atoms with Crippen LogP contribution in [-0.4, -0.2) is 66.0 Å². The average molecular weight is 492 g/mol. The standard InChI is InChI=1S/C25H41N5O5/c1-15(2)11-18-20(31)28-17(13-26)12-25(6)16(14-27-22(25)33)9-8-10-19(21(32)29-18)30(7)23(34)35-24(3,4)5/h15-19H,8-12,14H2,1-7H3,(H,27,33)(H,28,31)(H,29,32)/t16-,17-,18-,19-,25+/m0/s1. The Bertz CT molecular complexity index is 861. The van der Waals surface area contributed by atoms with Crippen LogP contribution in [0.4, 0.5) is 4.79 Å². The molecule has 0 spiro atoms. The molecule has 35 heavy (non-hydrogen) atoms. The second-order valence-corrected chi connectivity index (χ2v) is 11.4. The highest BCUT2D eigenvalue weighted by Crippen LogP contribution is 2.40. The summed E-state index contributed by atoms with van der Waals surface area (Å²) in [6.45, 7) is 11.4. The number of hydrogen-bond acceptors (Lipinski definition) is 6. The zero-order valence-corrected chi connectivity index (χ0v) is 22.1. The number of ether oxygens (including phenoxy) is 1. The van der Waals surface area contributed by atoms with E-state index in [0.717, 1.165) is 0 Å². The molecule has 5 atom stereocenters. The van der Waals surface area contributed by atoms with Crippen LogP contribution in [0.15, 0.2) is 0 Å². The summed E-state index contributed by atoms with van der Waals surface area (Å²) >= 11 is 0. The Labute approximate surface area is 208 Å². The third-order valence-electron chi connectivity index (χ3n) is 6.85. The van der Waals surface area contributed by atoms with Crippen LogP contribution < -0.4 is 16.0 Å². The Morgan fingerprint density at radius 3 is 2.43 bits per heavy atom. The fourth-order valence-electron chi connectivity index (χ4n) is 4.82. The predicted octanol–water partition coefficient (Wildman–Crippen LogP) is 2.09. The number of rotatable bonds is 3. The van der Waals surface area contributed by atoms with E-state index in [1.807, 2.05) is 20.8 Å². The molecule has 2 rings (SSSR count). The molecule has 2 aliphatic rings. The van der Waals surface area contributed by atoms with Crippen LogP contribution in [0.25, 0.3) is 0 Å². The first-order valence-electron chi connectivity index (χ1n) is 12.4. The van der Waals surface area contributed by atoms with Crippen LogP contribution in [0.1, 0.15) is 73.6 Å². The van der Waals surface area contributed by atoms with E-state index in [4.69, 9.17) is 4.74 Å². The summed E-state index contributed by atoms with van der Waals surface area (Å²) in [5.74, 6) is -1.04. The molecule has 2 aliphatic heterocycles. The maximum Gasteiger partial charge on any atom is 0.410 e. The molecule has 0 unspecified atom stereocenters. The van der Waals surface area contributed by atoms with Gasteiger partial charge < -0.3 is 20.7 Å². The van der Waals surface area contributed by atoms with Crippen LogP contribution in [-0.2, 0) is 19.1 Å². The SMILES string of the molecule is CC(C)C[C@@H]1NC(=O)[C@@H](N(C)C(=O)OC(C)(C)C)CCC[C@H]2CNC(=O)[C@]2(C)C[C@@H](C#N)NC1=O. The van der Waals surface area contributed by atoms with Gasteiger partial charge in [-0.25, -0.2) is 4.79 Å². The van der Waals surface area contributed by atoms with Crippen molar-refractivity contribution in [1.82, 2.24) is 20.9 Å². The molecule has 0 saturated carbocycles. The molecule has 0 aromatic heterocycles. The monoisotopic (exact) mass is 491 g/mol. The van der Waals surface area contributed by atoms with Crippen molar-refractivity contribution in [1.29, 1.82) is 5.26 Å². The number of likely N-dealkylation sites (N-methyl/N-ethyl adjacent to an activating group) is 1. The molecule has 2 heterocycles. The molecular weight excluding hydrogens is 450 g/mol. The van der Waals surface area contributed by atoms with Gasteiger partial charge in [-0.1, -0.05) is 27.2 Å². The Balaban J connectivity index is 2.40. The van der Waals surface area contributed by atoms with Gasteiger partial charge in [0.1, 0.15) is 23.7 Å². The van der Waals surface area contributed by atoms with Crippen molar-refractivity contribution in [3.05, 3.63) is 0 Å². The van der Waals surface area contributed by atoms with Gasteiger partial charge in [-0.2, -0.15) is 5.26 Å². The third-order valence-corrected chi connectivity index (χ3v) is 6.85. The summed E-state index contributed by atoms with van der Waals surface area (Å²) in [6, 6.07) is -0.485. The van der Waals surface area contributed by atoms with Crippen LogP contribution in [0.2, 0.25) is 0 Å². The summed E-state index contributed by atoms with van der Waals surface area (Å²) < 4.78 is 5.47. The van der Waals surface area contributed by atoms with E-state index in [9.17, 15) is 24.4 Å². The topological polar surface area (TPSA) is 141 Å². The highest BCUT2D eigenvalue weighted by Gasteiger charge is 2.48. The minimum atomic E-state index is -0.880. The van der Waals surface area contributed by atoms with Crippen LogP contribution >= 0.6 is 0 Å². The number of carbonyl (C=O) groups is 4. The normalized spacial score (nSPS) is 30.4. The van der Waals surface area contributed by atoms with Crippen molar-refractivity contribution in [2.24, 2.45) is 17.3 Å². The highest BCUT2D eigenvalue weighted by molar-refractivity contribution is 5.91. The fourth-order valence-corrected chi connectivity index (χ4v) is 4.82. The van der Waals surface area contributed by atoms with E-state index in [0.29, 0.717) is 32.2 Å². The molecule has 3 N–H and O–H groups in total. The number of nitrogens with zero attached hydrogens (tertiary/aromatic N) is 2. The van der Waals surface area contributed by atoms with Crippen molar-refractivity contribution in [3.63, 3.8) is 0 Å². The highest BCUT2D eigenvalue weighted by atomic mass is 16.6. The van der Waals surface area contributed by atoms with Gasteiger partial charge in [0.2, 0.25) is 17.7 Å². The van der Waals surface area contributed by atoms with Crippen molar-refractivity contribution < 1.29 is 23.9 Å². The van der Waals surface area contributed by atoms with Crippen molar-refractivity contribution in [2.75, 3.05) is 13.6 Å². The van der Waals surface area contributed by atoms with Gasteiger partial charge in [0.25, 0.3) is 0 Å². The van der Waals surface area contributed by atoms with Gasteiger partial charge in [-0.3, -0.25) is 19.3 Å². The molecular formula is C25H41N5O5. The zero-order chi connectivity index (χ0) is 26.6. The number of fused-ring (bicyclic) bond motifs is 1. The van der Waals surface area contributed by atoms with Gasteiger partial charge in [0.15, 0.2) is 0 Å². The quantitative estimate of drug-likeness (QED) is 0.552. The molecule has 196 valence electrons. The van der Waals surface area contributed by atoms with E-state index in [-0.39, 0.29) is 24.2 Å². The van der Waals surface area contributed by atoms with Gasteiger partial charge in [-0.15, -0.1) is 0 Å². The minimum absolute atomic E-state index is 0.0643. The van der Waals surface area contributed by atoms with E-state index in [1.165, 1.54) is 11.9 Å². The lowest BCUT2D eigenvalue weighted by Crippen LogP contribution is -2.56. The third kappa shape index (κ3) is 7.33. The summed E-state index contributed by atoms with van der Waals surface area (Å²) in [5, 5.41) is 18.2. The molecule has 10 nitrogen and oxygen atoms in total. The van der Waals surface area contributed by atoms with Crippen molar-refractivity contribution in [2.45, 2.75) is 97.4 Å². The lowest BCUT2D eigenvalue weighted by molar-refractivity contribution is -0.132. The Hall–Kier alpha value is -2.83. The predicted molar refractivity (Wildman–Crippen MR) is 130 cm³/mol.